The normalized spacial score (nSPS) is 24.6. The standard InChI is InChI=1S/C12H8.2Al/c1-5-11(6-2)9-10-12(7-3)8-4;;/h1-8H;;. The summed E-state index contributed by atoms with van der Waals surface area (Å²) in [6.07, 6.45) is 9.41. The Bertz CT molecular complexity index is 464. The van der Waals surface area contributed by atoms with Crippen molar-refractivity contribution < 1.29 is 0 Å². The predicted octanol–water partition coefficient (Wildman–Crippen LogP) is 2.08. The largest absolute Gasteiger partial charge is 0.366 e. The van der Waals surface area contributed by atoms with Gasteiger partial charge in [-0.25, -0.2) is 0 Å². The molecule has 0 saturated heterocycles. The van der Waals surface area contributed by atoms with E-state index in [4.69, 9.17) is 0 Å². The second kappa shape index (κ2) is 2.54. The third-order valence-electron chi connectivity index (χ3n) is 3.51. The molecule has 4 aliphatic rings. The van der Waals surface area contributed by atoms with Crippen molar-refractivity contribution in [2.24, 2.45) is 0 Å². The zero-order valence-electron chi connectivity index (χ0n) is 7.77. The molecule has 0 aromatic carbocycles. The van der Waals surface area contributed by atoms with Crippen molar-refractivity contribution in [2.45, 2.75) is 0 Å². The molecule has 0 radical (unpaired) electrons. The first-order valence-corrected chi connectivity index (χ1v) is 8.97. The monoisotopic (exact) mass is 206 g/mol. The zero-order valence-corrected chi connectivity index (χ0v) is 10.1. The van der Waals surface area contributed by atoms with Crippen molar-refractivity contribution in [3.63, 3.8) is 0 Å². The Kier molecular flexibility index (Phi) is 1.41. The van der Waals surface area contributed by atoms with E-state index >= 15 is 0 Å². The second-order valence-electron chi connectivity index (χ2n) is 4.23. The molecule has 0 bridgehead atoms. The number of hydrogen-bond donors (Lipinski definition) is 0. The first-order valence-electron chi connectivity index (χ1n) is 5.15. The number of allylic oxidation sites excluding steroid dienone is 8. The third-order valence-corrected chi connectivity index (χ3v) is 8.90. The Balaban J connectivity index is 2.07. The Labute approximate surface area is 92.1 Å². The molecule has 4 aliphatic heterocycles. The quantitative estimate of drug-likeness (QED) is 0.532. The van der Waals surface area contributed by atoms with Crippen LogP contribution in [-0.4, -0.2) is 28.3 Å². The van der Waals surface area contributed by atoms with Gasteiger partial charge >= 0.3 is 28.3 Å². The fraction of sp³-hybridized carbons (Fsp3) is 0. The van der Waals surface area contributed by atoms with Crippen molar-refractivity contribution in [1.29, 1.82) is 0 Å². The summed E-state index contributed by atoms with van der Waals surface area (Å²) in [7, 11) is 0. The van der Waals surface area contributed by atoms with Gasteiger partial charge in [0.15, 0.2) is 0 Å². The van der Waals surface area contributed by atoms with Crippen LogP contribution in [0.2, 0.25) is 0 Å². The molecule has 0 nitrogen and oxygen atoms in total. The van der Waals surface area contributed by atoms with Gasteiger partial charge in [0.1, 0.15) is 0 Å². The van der Waals surface area contributed by atoms with Gasteiger partial charge in [-0.1, -0.05) is 24.3 Å². The number of hydrogen-bond acceptors (Lipinski definition) is 0. The van der Waals surface area contributed by atoms with Crippen molar-refractivity contribution in [2.75, 3.05) is 0 Å². The predicted molar refractivity (Wildman–Crippen MR) is 62.1 cm³/mol. The molecular formula is C12H8Al2. The Hall–Kier alpha value is -0.495. The van der Waals surface area contributed by atoms with Gasteiger partial charge in [0.05, 0.1) is 0 Å². The van der Waals surface area contributed by atoms with Crippen molar-refractivity contribution in [3.05, 3.63) is 64.1 Å². The molecular weight excluding hydrogens is 198 g/mol. The van der Waals surface area contributed by atoms with Gasteiger partial charge in [-0.05, 0) is 11.1 Å². The van der Waals surface area contributed by atoms with Crippen molar-refractivity contribution in [3.8, 4) is 0 Å². The molecule has 4 rings (SSSR count). The van der Waals surface area contributed by atoms with Crippen LogP contribution in [0.4, 0.5) is 0 Å². The fourth-order valence-electron chi connectivity index (χ4n) is 2.87. The molecule has 0 aliphatic carbocycles. The lowest BCUT2D eigenvalue weighted by Crippen LogP contribution is -2.24. The molecule has 0 unspecified atom stereocenters. The molecule has 4 heterocycles. The lowest BCUT2D eigenvalue weighted by atomic mass is 10.1. The van der Waals surface area contributed by atoms with Crippen LogP contribution in [0.3, 0.4) is 0 Å². The lowest BCUT2D eigenvalue weighted by molar-refractivity contribution is 1.55. The van der Waals surface area contributed by atoms with E-state index in [1.165, 1.54) is 11.1 Å². The molecule has 0 saturated carbocycles. The van der Waals surface area contributed by atoms with E-state index in [1.54, 1.807) is 8.87 Å². The van der Waals surface area contributed by atoms with Gasteiger partial charge in [-0.2, -0.15) is 0 Å². The van der Waals surface area contributed by atoms with E-state index in [9.17, 15) is 0 Å². The smallest absolute Gasteiger partial charge is 0.135 e. The molecule has 0 N–H and O–H groups in total. The summed E-state index contributed by atoms with van der Waals surface area (Å²) in [5, 5.41) is 0. The first-order chi connectivity index (χ1) is 6.93. The Morgan fingerprint density at radius 3 is 1.29 bits per heavy atom. The summed E-state index contributed by atoms with van der Waals surface area (Å²) in [6.45, 7) is 0. The highest BCUT2D eigenvalue weighted by Gasteiger charge is 2.38. The minimum Gasteiger partial charge on any atom is -0.135 e. The fourth-order valence-corrected chi connectivity index (χ4v) is 8.91. The van der Waals surface area contributed by atoms with Gasteiger partial charge < -0.3 is 0 Å². The van der Waals surface area contributed by atoms with Gasteiger partial charge in [-0.3, -0.25) is 0 Å². The summed E-state index contributed by atoms with van der Waals surface area (Å²) < 4.78 is 3.51. The molecule has 0 spiro atoms. The summed E-state index contributed by atoms with van der Waals surface area (Å²) in [6, 6.07) is 0. The number of rotatable bonds is 0. The maximum Gasteiger partial charge on any atom is 0.366 e. The molecule has 2 heteroatoms. The van der Waals surface area contributed by atoms with E-state index in [-0.39, 0.29) is 0 Å². The van der Waals surface area contributed by atoms with E-state index < -0.39 is 28.3 Å². The van der Waals surface area contributed by atoms with Gasteiger partial charge in [-0.15, -0.1) is 28.6 Å². The average molecular weight is 206 g/mol. The second-order valence-corrected chi connectivity index (χ2v) is 9.02. The van der Waals surface area contributed by atoms with Gasteiger partial charge in [0, 0.05) is 0 Å². The molecule has 62 valence electrons. The minimum atomic E-state index is -0.803. The average Bonchev–Trinajstić information content (AvgIpc) is 2.77. The van der Waals surface area contributed by atoms with Crippen molar-refractivity contribution in [1.82, 2.24) is 0 Å². The van der Waals surface area contributed by atoms with E-state index in [0.717, 1.165) is 0 Å². The highest BCUT2D eigenvalue weighted by molar-refractivity contribution is 6.88. The summed E-state index contributed by atoms with van der Waals surface area (Å²) >= 11 is -1.61. The highest BCUT2D eigenvalue weighted by Crippen LogP contribution is 2.40. The van der Waals surface area contributed by atoms with Crippen LogP contribution >= 0.6 is 0 Å². The lowest BCUT2D eigenvalue weighted by Gasteiger charge is -2.21. The van der Waals surface area contributed by atoms with Crippen LogP contribution in [0.5, 0.6) is 0 Å². The molecule has 14 heavy (non-hydrogen) atoms. The minimum absolute atomic E-state index is 0.803. The molecule has 0 amide bonds. The van der Waals surface area contributed by atoms with Gasteiger partial charge in [0.25, 0.3) is 0 Å². The van der Waals surface area contributed by atoms with Crippen LogP contribution in [0.15, 0.2) is 64.1 Å². The Morgan fingerprint density at radius 1 is 0.571 bits per heavy atom. The molecule has 0 fully saturated rings. The maximum absolute atomic E-state index is 2.47. The van der Waals surface area contributed by atoms with Crippen molar-refractivity contribution >= 4 is 28.3 Å². The SMILES string of the molecule is C1=[CH][Al]2[CH]=CC3=[C]4[C]2=C1C=[CH][Al]4[CH]=C3. The van der Waals surface area contributed by atoms with Crippen LogP contribution in [-0.2, 0) is 0 Å². The highest BCUT2D eigenvalue weighted by atomic mass is 27.2. The van der Waals surface area contributed by atoms with Crippen LogP contribution in [0.1, 0.15) is 0 Å². The summed E-state index contributed by atoms with van der Waals surface area (Å²) in [5.41, 5.74) is 3.04. The van der Waals surface area contributed by atoms with Crippen LogP contribution in [0.25, 0.3) is 0 Å². The topological polar surface area (TPSA) is 0 Å². The summed E-state index contributed by atoms with van der Waals surface area (Å²) in [5.74, 6) is 0. The molecule has 0 aromatic heterocycles. The van der Waals surface area contributed by atoms with E-state index in [1.807, 2.05) is 0 Å². The maximum atomic E-state index is 2.47. The van der Waals surface area contributed by atoms with Crippen LogP contribution < -0.4 is 0 Å². The van der Waals surface area contributed by atoms with E-state index in [0.29, 0.717) is 0 Å². The Morgan fingerprint density at radius 2 is 0.929 bits per heavy atom. The van der Waals surface area contributed by atoms with E-state index in [2.05, 4.69) is 44.1 Å². The molecule has 0 atom stereocenters. The van der Waals surface area contributed by atoms with Gasteiger partial charge in [0.2, 0.25) is 0 Å². The first kappa shape index (κ1) is 7.75. The molecule has 0 aromatic rings. The summed E-state index contributed by atoms with van der Waals surface area (Å²) in [4.78, 5) is 9.87. The third kappa shape index (κ3) is 0.814. The van der Waals surface area contributed by atoms with Crippen LogP contribution in [0, 0.1) is 0 Å². The zero-order chi connectivity index (χ0) is 9.12.